The minimum absolute atomic E-state index is 0.0172. The Bertz CT molecular complexity index is 1540. The van der Waals surface area contributed by atoms with Crippen LogP contribution in [0.1, 0.15) is 91.6 Å². The van der Waals surface area contributed by atoms with Crippen molar-refractivity contribution >= 4 is 17.6 Å². The van der Waals surface area contributed by atoms with Gasteiger partial charge in [-0.05, 0) is 72.5 Å². The van der Waals surface area contributed by atoms with Crippen molar-refractivity contribution in [3.05, 3.63) is 98.9 Å². The van der Waals surface area contributed by atoms with E-state index in [1.54, 1.807) is 24.3 Å². The number of nitrogens with two attached hydrogens (primary N) is 1. The first-order valence-corrected chi connectivity index (χ1v) is 15.7. The van der Waals surface area contributed by atoms with Gasteiger partial charge in [0.05, 0.1) is 0 Å². The zero-order valence-corrected chi connectivity index (χ0v) is 25.8. The maximum atomic E-state index is 14.2. The molecule has 3 N–H and O–H groups in total. The van der Waals surface area contributed by atoms with E-state index in [-0.39, 0.29) is 25.1 Å². The first kappa shape index (κ1) is 35.2. The van der Waals surface area contributed by atoms with Crippen LogP contribution < -0.4 is 20.5 Å². The van der Waals surface area contributed by atoms with Crippen molar-refractivity contribution in [3.8, 4) is 11.5 Å². The number of azide groups is 1. The van der Waals surface area contributed by atoms with Gasteiger partial charge < -0.3 is 20.5 Å². The quantitative estimate of drug-likeness (QED) is 0.0295. The molecule has 4 rings (SSSR count). The van der Waals surface area contributed by atoms with Crippen LogP contribution in [-0.4, -0.2) is 24.5 Å². The van der Waals surface area contributed by atoms with E-state index in [2.05, 4.69) is 39.6 Å². The molecule has 1 aliphatic carbocycles. The summed E-state index contributed by atoms with van der Waals surface area (Å²) in [6.07, 6.45) is 10.5. The molecule has 250 valence electrons. The number of ether oxygens (including phenoxy) is 2. The number of hydrogen-bond acceptors (Lipinski definition) is 6. The molecule has 1 atom stereocenters. The second-order valence-electron chi connectivity index (χ2n) is 11.5. The second kappa shape index (κ2) is 17.3. The fourth-order valence-corrected chi connectivity index (χ4v) is 5.50. The first-order chi connectivity index (χ1) is 22.7. The molecule has 1 amide bonds. The predicted octanol–water partition coefficient (Wildman–Crippen LogP) is 8.42. The van der Waals surface area contributed by atoms with E-state index in [1.807, 2.05) is 0 Å². The molecule has 3 aromatic rings. The van der Waals surface area contributed by atoms with E-state index >= 15 is 0 Å². The Morgan fingerprint density at radius 1 is 0.872 bits per heavy atom. The summed E-state index contributed by atoms with van der Waals surface area (Å²) in [7, 11) is 0. The Morgan fingerprint density at radius 3 is 2.04 bits per heavy atom. The number of carbonyl (C=O) groups is 2. The van der Waals surface area contributed by atoms with Crippen LogP contribution in [0.2, 0.25) is 0 Å². The van der Waals surface area contributed by atoms with Crippen LogP contribution in [0.15, 0.2) is 53.6 Å². The second-order valence-corrected chi connectivity index (χ2v) is 11.5. The molecule has 47 heavy (non-hydrogen) atoms. The number of nitrogens with one attached hydrogen (secondary N) is 1. The van der Waals surface area contributed by atoms with Crippen molar-refractivity contribution in [1.29, 1.82) is 0 Å². The summed E-state index contributed by atoms with van der Waals surface area (Å²) in [6.45, 7) is 0.158. The summed E-state index contributed by atoms with van der Waals surface area (Å²) in [5.41, 5.74) is 13.6. The maximum absolute atomic E-state index is 14.2. The summed E-state index contributed by atoms with van der Waals surface area (Å²) in [4.78, 5) is 26.7. The summed E-state index contributed by atoms with van der Waals surface area (Å²) < 4.78 is 67.4. The van der Waals surface area contributed by atoms with Crippen LogP contribution in [0.4, 0.5) is 23.2 Å². The van der Waals surface area contributed by atoms with Gasteiger partial charge in [0.15, 0.2) is 23.3 Å². The van der Waals surface area contributed by atoms with Gasteiger partial charge >= 0.3 is 5.97 Å². The van der Waals surface area contributed by atoms with E-state index in [4.69, 9.17) is 20.7 Å². The average molecular weight is 656 g/mol. The van der Waals surface area contributed by atoms with Crippen LogP contribution in [0.5, 0.6) is 11.5 Å². The number of benzene rings is 3. The largest absolute Gasteiger partial charge is 0.489 e. The summed E-state index contributed by atoms with van der Waals surface area (Å²) in [5, 5.41) is 4.68. The molecule has 0 aromatic heterocycles. The molecule has 0 aliphatic heterocycles. The van der Waals surface area contributed by atoms with Gasteiger partial charge in [-0.25, -0.2) is 22.4 Å². The smallest absolute Gasteiger partial charge is 0.328 e. The molecule has 0 heterocycles. The lowest BCUT2D eigenvalue weighted by atomic mass is 9.89. The van der Waals surface area contributed by atoms with Crippen LogP contribution in [0, 0.1) is 23.3 Å². The van der Waals surface area contributed by atoms with Crippen LogP contribution in [-0.2, 0) is 11.4 Å². The molecule has 1 unspecified atom stereocenters. The first-order valence-electron chi connectivity index (χ1n) is 15.7. The lowest BCUT2D eigenvalue weighted by Crippen LogP contribution is -2.35. The Hall–Kier alpha value is -4.61. The van der Waals surface area contributed by atoms with Gasteiger partial charge in [-0.1, -0.05) is 67.9 Å². The van der Waals surface area contributed by atoms with Crippen molar-refractivity contribution in [2.45, 2.75) is 82.8 Å². The number of rotatable bonds is 12. The highest BCUT2D eigenvalue weighted by atomic mass is 19.2. The SMILES string of the molecule is [N-]=[N+]=Nc1c(F)c(F)c(C(=O)NCCCC(N)C(=O)Oc2ccc(OCc3ccc(C4CCCCCCCC4)cc3)cc2)c(F)c1F. The topological polar surface area (TPSA) is 139 Å². The lowest BCUT2D eigenvalue weighted by Gasteiger charge is -2.17. The normalized spacial score (nSPS) is 14.6. The van der Waals surface area contributed by atoms with Crippen molar-refractivity contribution < 1.29 is 36.6 Å². The molecule has 13 heteroatoms. The van der Waals surface area contributed by atoms with Gasteiger partial charge in [-0.2, -0.15) is 0 Å². The van der Waals surface area contributed by atoms with E-state index in [0.29, 0.717) is 18.3 Å². The average Bonchev–Trinajstić information content (AvgIpc) is 3.22. The minimum Gasteiger partial charge on any atom is -0.489 e. The van der Waals surface area contributed by atoms with Gasteiger partial charge in [0.1, 0.15) is 35.4 Å². The van der Waals surface area contributed by atoms with Gasteiger partial charge in [0, 0.05) is 11.5 Å². The highest BCUT2D eigenvalue weighted by Gasteiger charge is 2.29. The number of hydrogen-bond donors (Lipinski definition) is 2. The molecule has 0 saturated heterocycles. The molecular weight excluding hydrogens is 618 g/mol. The monoisotopic (exact) mass is 655 g/mol. The molecule has 1 saturated carbocycles. The fourth-order valence-electron chi connectivity index (χ4n) is 5.50. The van der Waals surface area contributed by atoms with Crippen LogP contribution >= 0.6 is 0 Å². The molecular formula is C34H37F4N5O4. The van der Waals surface area contributed by atoms with Crippen molar-refractivity contribution in [2.75, 3.05) is 6.54 Å². The maximum Gasteiger partial charge on any atom is 0.328 e. The molecule has 1 aliphatic rings. The minimum atomic E-state index is -2.01. The fraction of sp³-hybridized carbons (Fsp3) is 0.412. The van der Waals surface area contributed by atoms with E-state index < -0.39 is 52.4 Å². The highest BCUT2D eigenvalue weighted by molar-refractivity contribution is 5.95. The number of halogens is 4. The Labute approximate surface area is 270 Å². The predicted molar refractivity (Wildman–Crippen MR) is 167 cm³/mol. The van der Waals surface area contributed by atoms with Gasteiger partial charge in [-0.15, -0.1) is 0 Å². The zero-order valence-electron chi connectivity index (χ0n) is 25.8. The summed E-state index contributed by atoms with van der Waals surface area (Å²) >= 11 is 0. The third-order valence-corrected chi connectivity index (χ3v) is 8.15. The molecule has 0 bridgehead atoms. The molecule has 0 radical (unpaired) electrons. The van der Waals surface area contributed by atoms with E-state index in [0.717, 1.165) is 5.56 Å². The standard InChI is InChI=1S/C34H37F4N5O4/c35-28-27(29(36)31(38)32(30(28)37)42-43-40)33(44)41-19-7-10-26(39)34(45)47-25-17-15-24(16-18-25)46-20-21-11-13-23(14-12-21)22-8-5-3-1-2-4-6-9-22/h11-18,22,26H,1-10,19-20,39H2,(H,41,44). The lowest BCUT2D eigenvalue weighted by molar-refractivity contribution is -0.136. The third kappa shape index (κ3) is 9.69. The number of nitrogens with zero attached hydrogens (tertiary/aromatic N) is 3. The summed E-state index contributed by atoms with van der Waals surface area (Å²) in [6, 6.07) is 14.0. The molecule has 0 spiro atoms. The molecule has 9 nitrogen and oxygen atoms in total. The number of esters is 1. The van der Waals surface area contributed by atoms with Crippen molar-refractivity contribution in [2.24, 2.45) is 10.8 Å². The Morgan fingerprint density at radius 2 is 1.45 bits per heavy atom. The Balaban J connectivity index is 1.19. The van der Waals surface area contributed by atoms with Crippen molar-refractivity contribution in [3.63, 3.8) is 0 Å². The van der Waals surface area contributed by atoms with E-state index in [1.165, 1.54) is 56.9 Å². The number of carbonyl (C=O) groups excluding carboxylic acids is 2. The van der Waals surface area contributed by atoms with Gasteiger partial charge in [0.2, 0.25) is 0 Å². The molecule has 1 fully saturated rings. The highest BCUT2D eigenvalue weighted by Crippen LogP contribution is 2.32. The third-order valence-electron chi connectivity index (χ3n) is 8.15. The van der Waals surface area contributed by atoms with Gasteiger partial charge in [0.25, 0.3) is 5.91 Å². The van der Waals surface area contributed by atoms with Crippen LogP contribution in [0.3, 0.4) is 0 Å². The summed E-state index contributed by atoms with van der Waals surface area (Å²) in [5.74, 6) is -8.77. The van der Waals surface area contributed by atoms with E-state index in [9.17, 15) is 27.2 Å². The molecule has 3 aromatic carbocycles. The zero-order chi connectivity index (χ0) is 33.8. The van der Waals surface area contributed by atoms with Crippen molar-refractivity contribution in [1.82, 2.24) is 5.32 Å². The Kier molecular flexibility index (Phi) is 13.0. The number of amides is 1. The van der Waals surface area contributed by atoms with Gasteiger partial charge in [-0.3, -0.25) is 4.79 Å². The van der Waals surface area contributed by atoms with Crippen LogP contribution in [0.25, 0.3) is 10.4 Å².